The number of rotatable bonds is 1. The van der Waals surface area contributed by atoms with Gasteiger partial charge >= 0.3 is 0 Å². The van der Waals surface area contributed by atoms with Crippen LogP contribution >= 0.6 is 11.6 Å². The molecule has 0 radical (unpaired) electrons. The summed E-state index contributed by atoms with van der Waals surface area (Å²) in [5.74, 6) is 2.76. The first-order valence-corrected chi connectivity index (χ1v) is 10.1. The summed E-state index contributed by atoms with van der Waals surface area (Å²) in [6.07, 6.45) is 9.08. The van der Waals surface area contributed by atoms with Crippen LogP contribution in [0.15, 0.2) is 11.6 Å². The Morgan fingerprint density at radius 1 is 1.17 bits per heavy atom. The van der Waals surface area contributed by atoms with Gasteiger partial charge in [0.1, 0.15) is 5.78 Å². The summed E-state index contributed by atoms with van der Waals surface area (Å²) in [7, 11) is 0. The lowest BCUT2D eigenvalue weighted by molar-refractivity contribution is -0.128. The summed E-state index contributed by atoms with van der Waals surface area (Å²) in [6.45, 7) is 6.51. The molecule has 0 aliphatic heterocycles. The normalized spacial score (nSPS) is 50.6. The number of carbonyl (C=O) groups is 2. The smallest absolute Gasteiger partial charge is 0.155 e. The number of Topliss-reactive ketones (excluding diaryl/α,β-unsaturated/α-hetero) is 1. The second-order valence-corrected chi connectivity index (χ2v) is 9.88. The zero-order valence-corrected chi connectivity index (χ0v) is 15.9. The van der Waals surface area contributed by atoms with Crippen LogP contribution in [0.4, 0.5) is 0 Å². The lowest BCUT2D eigenvalue weighted by atomic mass is 9.46. The van der Waals surface area contributed by atoms with Crippen molar-refractivity contribution in [2.75, 3.05) is 0 Å². The van der Waals surface area contributed by atoms with Crippen molar-refractivity contribution in [1.82, 2.24) is 0 Å². The van der Waals surface area contributed by atoms with E-state index in [1.807, 2.05) is 6.08 Å². The molecule has 7 atom stereocenters. The van der Waals surface area contributed by atoms with E-state index in [9.17, 15) is 9.59 Å². The Morgan fingerprint density at radius 3 is 2.62 bits per heavy atom. The highest BCUT2D eigenvalue weighted by Crippen LogP contribution is 2.67. The molecule has 2 nitrogen and oxygen atoms in total. The Labute approximate surface area is 150 Å². The topological polar surface area (TPSA) is 34.1 Å². The average molecular weight is 349 g/mol. The van der Waals surface area contributed by atoms with Crippen molar-refractivity contribution < 1.29 is 9.59 Å². The van der Waals surface area contributed by atoms with Gasteiger partial charge < -0.3 is 0 Å². The second-order valence-electron chi connectivity index (χ2n) is 9.35. The Kier molecular flexibility index (Phi) is 3.81. The van der Waals surface area contributed by atoms with E-state index in [-0.39, 0.29) is 27.9 Å². The summed E-state index contributed by atoms with van der Waals surface area (Å²) in [4.78, 5) is 24.1. The largest absolute Gasteiger partial charge is 0.300 e. The van der Waals surface area contributed by atoms with E-state index < -0.39 is 0 Å². The van der Waals surface area contributed by atoms with Gasteiger partial charge in [-0.1, -0.05) is 13.8 Å². The zero-order valence-electron chi connectivity index (χ0n) is 15.1. The van der Waals surface area contributed by atoms with Gasteiger partial charge in [0.2, 0.25) is 0 Å². The molecular weight excluding hydrogens is 320 g/mol. The van der Waals surface area contributed by atoms with Crippen molar-refractivity contribution in [3.05, 3.63) is 11.6 Å². The minimum Gasteiger partial charge on any atom is -0.300 e. The Bertz CT molecular complexity index is 623. The first kappa shape index (κ1) is 16.8. The molecule has 24 heavy (non-hydrogen) atoms. The van der Waals surface area contributed by atoms with Crippen molar-refractivity contribution in [2.45, 2.75) is 71.1 Å². The van der Waals surface area contributed by atoms with E-state index in [1.165, 1.54) is 18.4 Å². The van der Waals surface area contributed by atoms with Crippen LogP contribution in [-0.4, -0.2) is 16.9 Å². The fraction of sp³-hybridized carbons (Fsp3) is 0.810. The summed E-state index contributed by atoms with van der Waals surface area (Å²) in [6, 6.07) is 0. The molecule has 4 aliphatic rings. The van der Waals surface area contributed by atoms with Gasteiger partial charge in [-0.25, -0.2) is 0 Å². The van der Waals surface area contributed by atoms with E-state index >= 15 is 0 Å². The third-order valence-electron chi connectivity index (χ3n) is 8.43. The lowest BCUT2D eigenvalue weighted by Crippen LogP contribution is -2.53. The predicted molar refractivity (Wildman–Crippen MR) is 95.9 cm³/mol. The van der Waals surface area contributed by atoms with Gasteiger partial charge in [0.25, 0.3) is 0 Å². The van der Waals surface area contributed by atoms with Crippen LogP contribution in [0.5, 0.6) is 0 Å². The summed E-state index contributed by atoms with van der Waals surface area (Å²) in [5.41, 5.74) is 1.48. The number of halogens is 1. The molecule has 3 saturated carbocycles. The van der Waals surface area contributed by atoms with Gasteiger partial charge in [0.15, 0.2) is 5.78 Å². The van der Waals surface area contributed by atoms with Crippen LogP contribution in [0.25, 0.3) is 0 Å². The molecule has 4 rings (SSSR count). The van der Waals surface area contributed by atoms with Crippen molar-refractivity contribution in [1.29, 1.82) is 0 Å². The number of ketones is 2. The SMILES string of the molecule is CC(=O)C1CCC2C3CC(Cl)C4=CC(=O)CCC4(C)C3CCC12C. The fourth-order valence-corrected chi connectivity index (χ4v) is 7.74. The molecule has 3 heteroatoms. The van der Waals surface area contributed by atoms with E-state index in [0.29, 0.717) is 30.0 Å². The molecule has 0 amide bonds. The Hall–Kier alpha value is -0.630. The number of hydrogen-bond donors (Lipinski definition) is 0. The maximum atomic E-state index is 12.2. The van der Waals surface area contributed by atoms with E-state index in [2.05, 4.69) is 13.8 Å². The minimum absolute atomic E-state index is 0.000715. The summed E-state index contributed by atoms with van der Waals surface area (Å²) < 4.78 is 0. The number of fused-ring (bicyclic) bond motifs is 5. The highest BCUT2D eigenvalue weighted by molar-refractivity contribution is 6.23. The van der Waals surface area contributed by atoms with Crippen molar-refractivity contribution in [3.8, 4) is 0 Å². The van der Waals surface area contributed by atoms with E-state index in [0.717, 1.165) is 25.7 Å². The van der Waals surface area contributed by atoms with E-state index in [1.54, 1.807) is 6.92 Å². The number of carbonyl (C=O) groups excluding carboxylic acids is 2. The molecule has 0 aromatic carbocycles. The molecule has 0 N–H and O–H groups in total. The molecule has 0 spiro atoms. The zero-order chi connectivity index (χ0) is 17.3. The van der Waals surface area contributed by atoms with Crippen LogP contribution in [-0.2, 0) is 9.59 Å². The maximum absolute atomic E-state index is 12.2. The maximum Gasteiger partial charge on any atom is 0.155 e. The summed E-state index contributed by atoms with van der Waals surface area (Å²) in [5, 5.41) is -0.000715. The van der Waals surface area contributed by atoms with Crippen LogP contribution in [0, 0.1) is 34.5 Å². The molecule has 132 valence electrons. The third kappa shape index (κ3) is 2.14. The molecule has 0 heterocycles. The molecule has 0 saturated heterocycles. The minimum atomic E-state index is -0.000715. The van der Waals surface area contributed by atoms with Crippen molar-refractivity contribution in [3.63, 3.8) is 0 Å². The van der Waals surface area contributed by atoms with Gasteiger partial charge in [0, 0.05) is 12.3 Å². The number of allylic oxidation sites excluding steroid dienone is 1. The third-order valence-corrected chi connectivity index (χ3v) is 8.84. The number of alkyl halides is 1. The Balaban J connectivity index is 1.71. The average Bonchev–Trinajstić information content (AvgIpc) is 2.87. The van der Waals surface area contributed by atoms with Crippen LogP contribution in [0.2, 0.25) is 0 Å². The first-order chi connectivity index (χ1) is 11.3. The highest BCUT2D eigenvalue weighted by atomic mass is 35.5. The molecular formula is C21H29ClO2. The van der Waals surface area contributed by atoms with Gasteiger partial charge in [0.05, 0.1) is 5.38 Å². The lowest BCUT2D eigenvalue weighted by Gasteiger charge is -2.59. The second kappa shape index (κ2) is 5.43. The Morgan fingerprint density at radius 2 is 1.92 bits per heavy atom. The first-order valence-electron chi connectivity index (χ1n) is 9.67. The monoisotopic (exact) mass is 348 g/mol. The van der Waals surface area contributed by atoms with Crippen molar-refractivity contribution >= 4 is 23.2 Å². The predicted octanol–water partition coefficient (Wildman–Crippen LogP) is 4.94. The van der Waals surface area contributed by atoms with Gasteiger partial charge in [-0.15, -0.1) is 11.6 Å². The molecule has 0 bridgehead atoms. The van der Waals surface area contributed by atoms with Crippen LogP contribution in [0.3, 0.4) is 0 Å². The molecule has 0 aromatic heterocycles. The highest BCUT2D eigenvalue weighted by Gasteiger charge is 2.60. The summed E-state index contributed by atoms with van der Waals surface area (Å²) >= 11 is 6.81. The molecule has 0 aromatic rings. The van der Waals surface area contributed by atoms with Gasteiger partial charge in [-0.05, 0) is 85.7 Å². The fourth-order valence-electron chi connectivity index (χ4n) is 7.23. The molecule has 3 fully saturated rings. The number of hydrogen-bond acceptors (Lipinski definition) is 2. The van der Waals surface area contributed by atoms with E-state index in [4.69, 9.17) is 11.6 Å². The van der Waals surface area contributed by atoms with Crippen molar-refractivity contribution in [2.24, 2.45) is 34.5 Å². The van der Waals surface area contributed by atoms with Gasteiger partial charge in [-0.3, -0.25) is 9.59 Å². The van der Waals surface area contributed by atoms with Crippen LogP contribution < -0.4 is 0 Å². The molecule has 7 unspecified atom stereocenters. The van der Waals surface area contributed by atoms with Gasteiger partial charge in [-0.2, -0.15) is 0 Å². The quantitative estimate of drug-likeness (QED) is 0.629. The standard InChI is InChI=1S/C21H29ClO2/c1-12(23)15-4-5-16-14-11-19(22)18-10-13(24)6-8-21(18,3)17(14)7-9-20(15,16)2/h10,14-17,19H,4-9,11H2,1-3H3. The molecule has 4 aliphatic carbocycles. The van der Waals surface area contributed by atoms with Crippen LogP contribution in [0.1, 0.15) is 65.7 Å².